The summed E-state index contributed by atoms with van der Waals surface area (Å²) in [6.07, 6.45) is 0.207. The number of hydrogen-bond donors (Lipinski definition) is 0. The minimum Gasteiger partial charge on any atom is -0.377 e. The molecule has 0 saturated carbocycles. The minimum atomic E-state index is -0.0254. The smallest absolute Gasteiger partial charge is 0.232 e. The van der Waals surface area contributed by atoms with Crippen molar-refractivity contribution < 1.29 is 9.32 Å². The average Bonchev–Trinajstić information content (AvgIpc) is 2.97. The third-order valence-electron chi connectivity index (χ3n) is 4.21. The fraction of sp³-hybridized carbons (Fsp3) is 0.263. The van der Waals surface area contributed by atoms with Crippen molar-refractivity contribution in [2.24, 2.45) is 0 Å². The quantitative estimate of drug-likeness (QED) is 0.738. The molecule has 1 heterocycles. The van der Waals surface area contributed by atoms with Gasteiger partial charge in [0.05, 0.1) is 6.42 Å². The zero-order valence-corrected chi connectivity index (χ0v) is 14.4. The van der Waals surface area contributed by atoms with E-state index in [0.717, 1.165) is 16.8 Å². The predicted molar refractivity (Wildman–Crippen MR) is 96.6 cm³/mol. The number of amides is 1. The highest BCUT2D eigenvalue weighted by atomic mass is 16.5. The van der Waals surface area contributed by atoms with Crippen LogP contribution in [-0.4, -0.2) is 32.2 Å². The monoisotopic (exact) mass is 323 g/mol. The largest absolute Gasteiger partial charge is 0.377 e. The van der Waals surface area contributed by atoms with Crippen LogP contribution in [0.5, 0.6) is 0 Å². The number of anilines is 2. The van der Waals surface area contributed by atoms with Crippen LogP contribution in [0.25, 0.3) is 11.0 Å². The van der Waals surface area contributed by atoms with Crippen LogP contribution in [0.1, 0.15) is 11.3 Å². The van der Waals surface area contributed by atoms with Crippen LogP contribution >= 0.6 is 0 Å². The molecule has 24 heavy (non-hydrogen) atoms. The Morgan fingerprint density at radius 2 is 1.88 bits per heavy atom. The summed E-state index contributed by atoms with van der Waals surface area (Å²) in [4.78, 5) is 16.4. The molecule has 0 bridgehead atoms. The summed E-state index contributed by atoms with van der Waals surface area (Å²) in [6, 6.07) is 13.6. The van der Waals surface area contributed by atoms with Crippen molar-refractivity contribution in [1.29, 1.82) is 0 Å². The van der Waals surface area contributed by atoms with Gasteiger partial charge in [0, 0.05) is 37.9 Å². The Balaban J connectivity index is 1.83. The number of carbonyl (C=O) groups excluding carboxylic acids is 1. The van der Waals surface area contributed by atoms with Crippen molar-refractivity contribution in [2.45, 2.75) is 13.3 Å². The fourth-order valence-electron chi connectivity index (χ4n) is 2.76. The third kappa shape index (κ3) is 2.97. The van der Waals surface area contributed by atoms with E-state index in [-0.39, 0.29) is 12.3 Å². The highest BCUT2D eigenvalue weighted by molar-refractivity contribution is 5.96. The van der Waals surface area contributed by atoms with Crippen LogP contribution < -0.4 is 9.80 Å². The molecule has 5 heteroatoms. The number of hydrogen-bond acceptors (Lipinski definition) is 4. The van der Waals surface area contributed by atoms with Crippen molar-refractivity contribution in [3.8, 4) is 0 Å². The van der Waals surface area contributed by atoms with E-state index in [4.69, 9.17) is 4.52 Å². The van der Waals surface area contributed by atoms with Crippen LogP contribution in [-0.2, 0) is 11.2 Å². The van der Waals surface area contributed by atoms with Gasteiger partial charge in [0.25, 0.3) is 0 Å². The Morgan fingerprint density at radius 1 is 1.12 bits per heavy atom. The molecule has 2 aromatic carbocycles. The first-order valence-corrected chi connectivity index (χ1v) is 7.85. The summed E-state index contributed by atoms with van der Waals surface area (Å²) >= 11 is 0. The Bertz CT molecular complexity index is 883. The molecule has 1 aromatic heterocycles. The summed E-state index contributed by atoms with van der Waals surface area (Å²) < 4.78 is 5.27. The van der Waals surface area contributed by atoms with Gasteiger partial charge in [-0.25, -0.2) is 0 Å². The van der Waals surface area contributed by atoms with Crippen LogP contribution in [0.2, 0.25) is 0 Å². The Morgan fingerprint density at radius 3 is 2.62 bits per heavy atom. The van der Waals surface area contributed by atoms with Gasteiger partial charge in [-0.3, -0.25) is 4.79 Å². The zero-order chi connectivity index (χ0) is 17.3. The lowest BCUT2D eigenvalue weighted by atomic mass is 10.1. The van der Waals surface area contributed by atoms with E-state index in [0.29, 0.717) is 11.3 Å². The molecule has 3 rings (SSSR count). The molecule has 0 unspecified atom stereocenters. The standard InChI is InChI=1S/C19H21N3O2/c1-13-9-10-14(11-17(13)21(2)3)22(4)19(23)12-16-15-7-5-6-8-18(15)24-20-16/h5-11H,12H2,1-4H3. The molecule has 0 fully saturated rings. The van der Waals surface area contributed by atoms with Crippen molar-refractivity contribution in [2.75, 3.05) is 30.9 Å². The maximum absolute atomic E-state index is 12.7. The molecule has 0 aliphatic heterocycles. The number of para-hydroxylation sites is 1. The summed E-state index contributed by atoms with van der Waals surface area (Å²) in [5, 5.41) is 4.93. The van der Waals surface area contributed by atoms with E-state index in [2.05, 4.69) is 12.1 Å². The van der Waals surface area contributed by atoms with Crippen molar-refractivity contribution in [3.05, 3.63) is 53.7 Å². The van der Waals surface area contributed by atoms with Crippen molar-refractivity contribution in [3.63, 3.8) is 0 Å². The summed E-state index contributed by atoms with van der Waals surface area (Å²) in [6.45, 7) is 2.06. The summed E-state index contributed by atoms with van der Waals surface area (Å²) in [5.41, 5.74) is 4.50. The molecule has 0 radical (unpaired) electrons. The van der Waals surface area contributed by atoms with E-state index in [1.54, 1.807) is 11.9 Å². The first kappa shape index (κ1) is 16.1. The molecular weight excluding hydrogens is 302 g/mol. The number of benzene rings is 2. The number of rotatable bonds is 4. The zero-order valence-electron chi connectivity index (χ0n) is 14.4. The van der Waals surface area contributed by atoms with Gasteiger partial charge in [-0.1, -0.05) is 23.4 Å². The molecular formula is C19H21N3O2. The van der Waals surface area contributed by atoms with E-state index in [1.165, 1.54) is 5.56 Å². The molecule has 3 aromatic rings. The second kappa shape index (κ2) is 6.35. The molecule has 0 spiro atoms. The van der Waals surface area contributed by atoms with Gasteiger partial charge in [-0.2, -0.15) is 0 Å². The van der Waals surface area contributed by atoms with E-state index in [9.17, 15) is 4.79 Å². The van der Waals surface area contributed by atoms with Crippen molar-refractivity contribution in [1.82, 2.24) is 5.16 Å². The molecule has 0 N–H and O–H groups in total. The first-order chi connectivity index (χ1) is 11.5. The van der Waals surface area contributed by atoms with Crippen LogP contribution in [0.4, 0.5) is 11.4 Å². The summed E-state index contributed by atoms with van der Waals surface area (Å²) in [7, 11) is 5.78. The number of aryl methyl sites for hydroxylation is 1. The van der Waals surface area contributed by atoms with E-state index >= 15 is 0 Å². The maximum atomic E-state index is 12.7. The number of fused-ring (bicyclic) bond motifs is 1. The van der Waals surface area contributed by atoms with Gasteiger partial charge in [0.1, 0.15) is 5.69 Å². The highest BCUT2D eigenvalue weighted by Crippen LogP contribution is 2.25. The molecule has 5 nitrogen and oxygen atoms in total. The van der Waals surface area contributed by atoms with Crippen LogP contribution in [0.3, 0.4) is 0 Å². The van der Waals surface area contributed by atoms with E-state index in [1.807, 2.05) is 61.5 Å². The average molecular weight is 323 g/mol. The maximum Gasteiger partial charge on any atom is 0.232 e. The van der Waals surface area contributed by atoms with Crippen LogP contribution in [0.15, 0.2) is 47.0 Å². The Kier molecular flexibility index (Phi) is 4.25. The normalized spacial score (nSPS) is 10.8. The third-order valence-corrected chi connectivity index (χ3v) is 4.21. The Hall–Kier alpha value is -2.82. The second-order valence-corrected chi connectivity index (χ2v) is 6.12. The van der Waals surface area contributed by atoms with Gasteiger partial charge in [-0.05, 0) is 36.8 Å². The van der Waals surface area contributed by atoms with Gasteiger partial charge in [-0.15, -0.1) is 0 Å². The lowest BCUT2D eigenvalue weighted by molar-refractivity contribution is -0.117. The summed E-state index contributed by atoms with van der Waals surface area (Å²) in [5.74, 6) is -0.0254. The van der Waals surface area contributed by atoms with Gasteiger partial charge in [0.2, 0.25) is 5.91 Å². The number of nitrogens with zero attached hydrogens (tertiary/aromatic N) is 3. The first-order valence-electron chi connectivity index (χ1n) is 7.85. The second-order valence-electron chi connectivity index (χ2n) is 6.12. The number of carbonyl (C=O) groups is 1. The van der Waals surface area contributed by atoms with Crippen molar-refractivity contribution >= 4 is 28.3 Å². The highest BCUT2D eigenvalue weighted by Gasteiger charge is 2.17. The van der Waals surface area contributed by atoms with Crippen LogP contribution in [0, 0.1) is 6.92 Å². The Labute approximate surface area is 141 Å². The molecule has 0 aliphatic rings. The van der Waals surface area contributed by atoms with E-state index < -0.39 is 0 Å². The fourth-order valence-corrected chi connectivity index (χ4v) is 2.76. The SMILES string of the molecule is Cc1ccc(N(C)C(=O)Cc2noc3ccccc23)cc1N(C)C. The number of likely N-dealkylation sites (N-methyl/N-ethyl adjacent to an activating group) is 1. The molecule has 0 atom stereocenters. The molecule has 124 valence electrons. The molecule has 1 amide bonds. The minimum absolute atomic E-state index is 0.0254. The molecule has 0 saturated heterocycles. The van der Waals surface area contributed by atoms with Gasteiger partial charge >= 0.3 is 0 Å². The van der Waals surface area contributed by atoms with Gasteiger partial charge < -0.3 is 14.3 Å². The topological polar surface area (TPSA) is 49.6 Å². The number of aromatic nitrogens is 1. The lowest BCUT2D eigenvalue weighted by Crippen LogP contribution is -2.28. The lowest BCUT2D eigenvalue weighted by Gasteiger charge is -2.21. The molecule has 0 aliphatic carbocycles. The predicted octanol–water partition coefficient (Wildman–Crippen LogP) is 3.41. The van der Waals surface area contributed by atoms with Gasteiger partial charge in [0.15, 0.2) is 5.58 Å².